The minimum absolute atomic E-state index is 0.710. The number of nitrogens with zero attached hydrogens (tertiary/aromatic N) is 2. The monoisotopic (exact) mass is 497 g/mol. The summed E-state index contributed by atoms with van der Waals surface area (Å²) in [5.74, 6) is 0. The van der Waals surface area contributed by atoms with Crippen LogP contribution in [0.5, 0.6) is 0 Å². The summed E-state index contributed by atoms with van der Waals surface area (Å²) in [5, 5.41) is 14.8. The van der Waals surface area contributed by atoms with Crippen molar-refractivity contribution in [3.63, 3.8) is 0 Å². The van der Waals surface area contributed by atoms with Crippen molar-refractivity contribution in [2.24, 2.45) is 0 Å². The number of hydrogen-bond acceptors (Lipinski definition) is 5. The zero-order chi connectivity index (χ0) is 24.2. The van der Waals surface area contributed by atoms with E-state index in [0.29, 0.717) is 5.02 Å². The molecule has 0 aliphatic carbocycles. The average Bonchev–Trinajstić information content (AvgIpc) is 2.81. The number of pyridine rings is 2. The molecule has 0 spiro atoms. The summed E-state index contributed by atoms with van der Waals surface area (Å²) < 4.78 is 0. The summed E-state index contributed by atoms with van der Waals surface area (Å²) in [7, 11) is 0. The van der Waals surface area contributed by atoms with E-state index in [1.807, 2.05) is 55.6 Å². The van der Waals surface area contributed by atoms with Crippen LogP contribution in [-0.4, -0.2) is 36.1 Å². The van der Waals surface area contributed by atoms with Gasteiger partial charge in [0.15, 0.2) is 0 Å². The molecule has 0 aliphatic heterocycles. The molecule has 0 saturated heterocycles. The molecule has 0 bridgehead atoms. The number of fused-ring (bicyclic) bond motifs is 1. The predicted molar refractivity (Wildman–Crippen MR) is 148 cm³/mol. The lowest BCUT2D eigenvalue weighted by Crippen LogP contribution is -2.29. The summed E-state index contributed by atoms with van der Waals surface area (Å²) >= 11 is 12.0. The highest BCUT2D eigenvalue weighted by Gasteiger charge is 2.02. The van der Waals surface area contributed by atoms with Crippen molar-refractivity contribution in [3.05, 3.63) is 69.4 Å². The van der Waals surface area contributed by atoms with Crippen molar-refractivity contribution < 1.29 is 0 Å². The lowest BCUT2D eigenvalue weighted by molar-refractivity contribution is 0.601. The highest BCUT2D eigenvalue weighted by molar-refractivity contribution is 6.31. The van der Waals surface area contributed by atoms with Crippen LogP contribution < -0.4 is 26.5 Å². The minimum atomic E-state index is 0.710. The Bertz CT molecular complexity index is 1210. The second kappa shape index (κ2) is 14.0. The molecule has 5 nitrogen and oxygen atoms in total. The van der Waals surface area contributed by atoms with E-state index in [2.05, 4.69) is 32.5 Å². The number of allylic oxidation sites excluding steroid dienone is 2. The Morgan fingerprint density at radius 2 is 1.56 bits per heavy atom. The number of nitrogens with one attached hydrogen (secondary N) is 3. The van der Waals surface area contributed by atoms with Crippen LogP contribution in [-0.2, 0) is 0 Å². The highest BCUT2D eigenvalue weighted by atomic mass is 35.5. The molecular formula is C27H33Cl2N5. The Labute approximate surface area is 212 Å². The van der Waals surface area contributed by atoms with E-state index in [1.54, 1.807) is 6.20 Å². The normalized spacial score (nSPS) is 12.3. The molecule has 34 heavy (non-hydrogen) atoms. The second-order valence-electron chi connectivity index (χ2n) is 8.18. The van der Waals surface area contributed by atoms with Crippen LogP contribution in [0.3, 0.4) is 0 Å². The van der Waals surface area contributed by atoms with Crippen LogP contribution in [0, 0.1) is 0 Å². The van der Waals surface area contributed by atoms with Crippen molar-refractivity contribution in [2.75, 3.05) is 36.8 Å². The van der Waals surface area contributed by atoms with Gasteiger partial charge in [-0.1, -0.05) is 29.8 Å². The molecule has 1 aromatic carbocycles. The SMILES string of the molecule is C=c1nccc(NCCCCNCCCCNc2ccnc3cc(Cl)ccc23)/c1=C/C=C(\C)Cl. The standard InChI is InChI=1S/C27H33Cl2N5/c1-20(28)7-9-23-21(2)31-17-11-25(23)32-15-5-3-13-30-14-4-6-16-33-26-12-18-34-27-19-22(29)8-10-24(26)27/h7-12,17-19,30,32H,2-6,13-16H2,1H3,(H,33,34)/b20-7+,23-9+. The van der Waals surface area contributed by atoms with E-state index < -0.39 is 0 Å². The summed E-state index contributed by atoms with van der Waals surface area (Å²) in [6.07, 6.45) is 11.9. The van der Waals surface area contributed by atoms with Gasteiger partial charge < -0.3 is 16.0 Å². The Morgan fingerprint density at radius 3 is 2.29 bits per heavy atom. The smallest absolute Gasteiger partial charge is 0.0737 e. The molecule has 0 atom stereocenters. The third-order valence-corrected chi connectivity index (χ3v) is 5.81. The van der Waals surface area contributed by atoms with E-state index >= 15 is 0 Å². The average molecular weight is 499 g/mol. The largest absolute Gasteiger partial charge is 0.384 e. The Kier molecular flexibility index (Phi) is 10.7. The van der Waals surface area contributed by atoms with Crippen LogP contribution >= 0.6 is 23.2 Å². The maximum atomic E-state index is 6.06. The topological polar surface area (TPSA) is 61.9 Å². The Hall–Kier alpha value is -2.60. The van der Waals surface area contributed by atoms with Crippen LogP contribution in [0.4, 0.5) is 11.4 Å². The summed E-state index contributed by atoms with van der Waals surface area (Å²) in [6, 6.07) is 9.82. The Balaban J connectivity index is 1.28. The zero-order valence-electron chi connectivity index (χ0n) is 19.7. The van der Waals surface area contributed by atoms with Gasteiger partial charge in [0.2, 0.25) is 0 Å². The van der Waals surface area contributed by atoms with Crippen molar-refractivity contribution in [3.8, 4) is 0 Å². The predicted octanol–water partition coefficient (Wildman–Crippen LogP) is 5.29. The molecule has 3 N–H and O–H groups in total. The van der Waals surface area contributed by atoms with Gasteiger partial charge in [-0.15, -0.1) is 0 Å². The van der Waals surface area contributed by atoms with Gasteiger partial charge in [-0.05, 0) is 88.2 Å². The van der Waals surface area contributed by atoms with Crippen LogP contribution in [0.1, 0.15) is 32.6 Å². The molecule has 180 valence electrons. The van der Waals surface area contributed by atoms with Crippen molar-refractivity contribution in [1.29, 1.82) is 0 Å². The number of benzene rings is 1. The van der Waals surface area contributed by atoms with Gasteiger partial charge in [0.1, 0.15) is 0 Å². The van der Waals surface area contributed by atoms with E-state index in [9.17, 15) is 0 Å². The van der Waals surface area contributed by atoms with Gasteiger partial charge in [0.05, 0.1) is 10.9 Å². The van der Waals surface area contributed by atoms with Crippen molar-refractivity contribution in [1.82, 2.24) is 15.3 Å². The molecule has 2 aromatic heterocycles. The first kappa shape index (κ1) is 26.0. The Morgan fingerprint density at radius 1 is 0.912 bits per heavy atom. The quantitative estimate of drug-likeness (QED) is 0.280. The van der Waals surface area contributed by atoms with E-state index in [0.717, 1.165) is 89.7 Å². The second-order valence-corrected chi connectivity index (χ2v) is 9.21. The fraction of sp³-hybridized carbons (Fsp3) is 0.333. The first-order valence-corrected chi connectivity index (χ1v) is 12.5. The zero-order valence-corrected chi connectivity index (χ0v) is 21.2. The van der Waals surface area contributed by atoms with Crippen molar-refractivity contribution in [2.45, 2.75) is 32.6 Å². The first-order chi connectivity index (χ1) is 16.5. The number of anilines is 2. The molecule has 0 fully saturated rings. The molecule has 0 radical (unpaired) electrons. The molecule has 3 rings (SSSR count). The van der Waals surface area contributed by atoms with E-state index in [4.69, 9.17) is 23.2 Å². The number of hydrogen-bond donors (Lipinski definition) is 3. The molecule has 0 aliphatic rings. The van der Waals surface area contributed by atoms with E-state index in [-0.39, 0.29) is 0 Å². The molecular weight excluding hydrogens is 465 g/mol. The van der Waals surface area contributed by atoms with Gasteiger partial charge in [-0.2, -0.15) is 0 Å². The maximum Gasteiger partial charge on any atom is 0.0737 e. The van der Waals surface area contributed by atoms with Gasteiger partial charge in [0.25, 0.3) is 0 Å². The molecule has 7 heteroatoms. The molecule has 0 unspecified atom stereocenters. The van der Waals surface area contributed by atoms with Gasteiger partial charge in [-0.25, -0.2) is 0 Å². The lowest BCUT2D eigenvalue weighted by atomic mass is 10.2. The summed E-state index contributed by atoms with van der Waals surface area (Å²) in [5.41, 5.74) is 3.07. The maximum absolute atomic E-state index is 6.06. The molecule has 0 amide bonds. The number of unbranched alkanes of at least 4 members (excludes halogenated alkanes) is 2. The lowest BCUT2D eigenvalue weighted by Gasteiger charge is -2.10. The molecule has 0 saturated carbocycles. The molecule has 2 heterocycles. The number of aromatic nitrogens is 2. The van der Waals surface area contributed by atoms with Crippen LogP contribution in [0.15, 0.2) is 53.8 Å². The van der Waals surface area contributed by atoms with Gasteiger partial charge in [0, 0.05) is 57.5 Å². The van der Waals surface area contributed by atoms with Crippen molar-refractivity contribution >= 4 is 58.1 Å². The first-order valence-electron chi connectivity index (χ1n) is 11.8. The number of rotatable bonds is 13. The fourth-order valence-corrected chi connectivity index (χ4v) is 3.88. The fourth-order valence-electron chi connectivity index (χ4n) is 3.65. The van der Waals surface area contributed by atoms with Gasteiger partial charge in [-0.3, -0.25) is 9.97 Å². The van der Waals surface area contributed by atoms with Crippen LogP contribution in [0.25, 0.3) is 23.6 Å². The summed E-state index contributed by atoms with van der Waals surface area (Å²) in [4.78, 5) is 8.66. The summed E-state index contributed by atoms with van der Waals surface area (Å²) in [6.45, 7) is 9.76. The third kappa shape index (κ3) is 8.32. The van der Waals surface area contributed by atoms with E-state index in [1.165, 1.54) is 0 Å². The third-order valence-electron chi connectivity index (χ3n) is 5.45. The number of halogens is 2. The van der Waals surface area contributed by atoms with Crippen LogP contribution in [0.2, 0.25) is 5.02 Å². The minimum Gasteiger partial charge on any atom is -0.384 e. The van der Waals surface area contributed by atoms with Gasteiger partial charge >= 0.3 is 0 Å². The highest BCUT2D eigenvalue weighted by Crippen LogP contribution is 2.24. The molecule has 3 aromatic rings.